The number of carbonyl (C=O) groups is 3. The molecule has 2 aromatic carbocycles. The van der Waals surface area contributed by atoms with E-state index < -0.39 is 29.1 Å². The smallest absolute Gasteiger partial charge is 0.250 e. The highest BCUT2D eigenvalue weighted by Crippen LogP contribution is 2.64. The molecule has 3 aliphatic rings. The van der Waals surface area contributed by atoms with Crippen LogP contribution in [0, 0.1) is 18.8 Å². The second kappa shape index (κ2) is 10.9. The normalized spacial score (nSPS) is 29.0. The Balaban J connectivity index is 1.48. The van der Waals surface area contributed by atoms with Crippen molar-refractivity contribution in [2.75, 3.05) is 18.5 Å². The van der Waals surface area contributed by atoms with Gasteiger partial charge in [-0.15, -0.1) is 0 Å². The summed E-state index contributed by atoms with van der Waals surface area (Å²) in [6.45, 7) is 4.46. The van der Waals surface area contributed by atoms with E-state index in [2.05, 4.69) is 10.6 Å². The Morgan fingerprint density at radius 1 is 1.10 bits per heavy atom. The minimum absolute atomic E-state index is 0.00769. The highest BCUT2D eigenvalue weighted by atomic mass is 35.5. The Morgan fingerprint density at radius 2 is 1.87 bits per heavy atom. The van der Waals surface area contributed by atoms with Gasteiger partial charge in [0.05, 0.1) is 28.1 Å². The number of hydrogen-bond acceptors (Lipinski definition) is 5. The van der Waals surface area contributed by atoms with Crippen molar-refractivity contribution in [3.05, 3.63) is 64.7 Å². The van der Waals surface area contributed by atoms with E-state index in [-0.39, 0.29) is 30.9 Å². The highest BCUT2D eigenvalue weighted by molar-refractivity contribution is 6.34. The standard InChI is InChI=1S/C30H36ClN3O5/c1-3-29-14-15-30(39-29)23(22(29)26(36)32-18-20-11-5-4-6-12-20)28(38)34(16-7-8-17-35)25(30)27(37)33-24-19(2)10-9-13-21(24)31/h4-6,9-13,22-23,25,35H,3,7-8,14-18H2,1-2H3,(H,32,36)(H,33,37)/t22-,23+,25?,29+,30?/m1/s1. The first-order valence-electron chi connectivity index (χ1n) is 13.8. The van der Waals surface area contributed by atoms with Crippen LogP contribution in [0.3, 0.4) is 0 Å². The lowest BCUT2D eigenvalue weighted by Gasteiger charge is -2.34. The van der Waals surface area contributed by atoms with Crippen molar-refractivity contribution in [2.45, 2.75) is 69.7 Å². The summed E-state index contributed by atoms with van der Waals surface area (Å²) in [5, 5.41) is 15.8. The second-order valence-electron chi connectivity index (χ2n) is 10.9. The lowest BCUT2D eigenvalue weighted by molar-refractivity contribution is -0.146. The van der Waals surface area contributed by atoms with Gasteiger partial charge in [0.15, 0.2) is 0 Å². The molecule has 208 valence electrons. The van der Waals surface area contributed by atoms with Gasteiger partial charge in [0, 0.05) is 19.7 Å². The number of nitrogens with zero attached hydrogens (tertiary/aromatic N) is 1. The highest BCUT2D eigenvalue weighted by Gasteiger charge is 2.78. The molecule has 0 aliphatic carbocycles. The van der Waals surface area contributed by atoms with E-state index in [0.29, 0.717) is 49.4 Å². The van der Waals surface area contributed by atoms with E-state index in [1.54, 1.807) is 11.0 Å². The summed E-state index contributed by atoms with van der Waals surface area (Å²) in [6.07, 6.45) is 2.69. The van der Waals surface area contributed by atoms with Crippen LogP contribution in [0.4, 0.5) is 5.69 Å². The molecule has 2 aromatic rings. The number of anilines is 1. The summed E-state index contributed by atoms with van der Waals surface area (Å²) in [6, 6.07) is 14.1. The van der Waals surface area contributed by atoms with Crippen molar-refractivity contribution in [1.82, 2.24) is 10.2 Å². The molecule has 8 nitrogen and oxygen atoms in total. The summed E-state index contributed by atoms with van der Waals surface area (Å²) >= 11 is 6.42. The van der Waals surface area contributed by atoms with E-state index in [9.17, 15) is 19.5 Å². The Morgan fingerprint density at radius 3 is 2.56 bits per heavy atom. The molecule has 5 rings (SSSR count). The van der Waals surface area contributed by atoms with Crippen LogP contribution in [0.5, 0.6) is 0 Å². The predicted octanol–water partition coefficient (Wildman–Crippen LogP) is 3.83. The number of carbonyl (C=O) groups excluding carboxylic acids is 3. The quantitative estimate of drug-likeness (QED) is 0.388. The van der Waals surface area contributed by atoms with Crippen molar-refractivity contribution in [1.29, 1.82) is 0 Å². The monoisotopic (exact) mass is 553 g/mol. The number of halogens is 1. The van der Waals surface area contributed by atoms with Crippen LogP contribution in [0.15, 0.2) is 48.5 Å². The molecule has 3 fully saturated rings. The number of likely N-dealkylation sites (tertiary alicyclic amines) is 1. The number of benzene rings is 2. The molecule has 1 spiro atoms. The molecule has 39 heavy (non-hydrogen) atoms. The minimum atomic E-state index is -1.11. The molecule has 3 amide bonds. The van der Waals surface area contributed by atoms with Crippen molar-refractivity contribution >= 4 is 35.0 Å². The number of rotatable bonds is 10. The van der Waals surface area contributed by atoms with Gasteiger partial charge in [-0.1, -0.05) is 61.0 Å². The maximum atomic E-state index is 14.1. The van der Waals surface area contributed by atoms with Gasteiger partial charge in [0.25, 0.3) is 0 Å². The summed E-state index contributed by atoms with van der Waals surface area (Å²) in [7, 11) is 0. The maximum Gasteiger partial charge on any atom is 0.250 e. The van der Waals surface area contributed by atoms with Gasteiger partial charge in [-0.05, 0) is 56.2 Å². The zero-order chi connectivity index (χ0) is 27.8. The average molecular weight is 554 g/mol. The number of fused-ring (bicyclic) bond motifs is 1. The van der Waals surface area contributed by atoms with Crippen molar-refractivity contribution in [3.63, 3.8) is 0 Å². The Hall–Kier alpha value is -2.94. The number of aryl methyl sites for hydroxylation is 1. The fraction of sp³-hybridized carbons (Fsp3) is 0.500. The molecule has 0 saturated carbocycles. The van der Waals surface area contributed by atoms with Gasteiger partial charge in [0.1, 0.15) is 11.6 Å². The first kappa shape index (κ1) is 27.6. The maximum absolute atomic E-state index is 14.1. The molecule has 0 radical (unpaired) electrons. The first-order valence-corrected chi connectivity index (χ1v) is 14.1. The molecule has 2 bridgehead atoms. The molecule has 9 heteroatoms. The molecule has 3 aliphatic heterocycles. The van der Waals surface area contributed by atoms with E-state index in [1.165, 1.54) is 0 Å². The number of unbranched alkanes of at least 4 members (excludes halogenated alkanes) is 1. The predicted molar refractivity (Wildman–Crippen MR) is 148 cm³/mol. The summed E-state index contributed by atoms with van der Waals surface area (Å²) in [4.78, 5) is 43.5. The Kier molecular flexibility index (Phi) is 7.73. The molecule has 5 atom stereocenters. The zero-order valence-electron chi connectivity index (χ0n) is 22.4. The molecule has 0 aromatic heterocycles. The fourth-order valence-corrected chi connectivity index (χ4v) is 7.20. The SMILES string of the molecule is CC[C@@]12CCC3(O1)C(C(=O)Nc1c(C)cccc1Cl)N(CCCCO)C(=O)[C@@H]3[C@@H]2C(=O)NCc1ccccc1. The summed E-state index contributed by atoms with van der Waals surface area (Å²) in [5.41, 5.74) is 0.353. The number of amides is 3. The lowest BCUT2D eigenvalue weighted by atomic mass is 9.65. The number of para-hydroxylation sites is 1. The largest absolute Gasteiger partial charge is 0.396 e. The third-order valence-electron chi connectivity index (χ3n) is 8.80. The first-order chi connectivity index (χ1) is 18.8. The third-order valence-corrected chi connectivity index (χ3v) is 9.11. The van der Waals surface area contributed by atoms with Crippen LogP contribution < -0.4 is 10.6 Å². The van der Waals surface area contributed by atoms with Crippen molar-refractivity contribution < 1.29 is 24.2 Å². The summed E-state index contributed by atoms with van der Waals surface area (Å²) in [5.74, 6) is -2.30. The summed E-state index contributed by atoms with van der Waals surface area (Å²) < 4.78 is 6.78. The lowest BCUT2D eigenvalue weighted by Crippen LogP contribution is -2.53. The molecular formula is C30H36ClN3O5. The molecule has 2 unspecified atom stereocenters. The molecule has 3 N–H and O–H groups in total. The number of nitrogens with one attached hydrogen (secondary N) is 2. The van der Waals surface area contributed by atoms with Crippen LogP contribution in [-0.4, -0.2) is 58.1 Å². The van der Waals surface area contributed by atoms with E-state index >= 15 is 0 Å². The van der Waals surface area contributed by atoms with E-state index in [4.69, 9.17) is 16.3 Å². The van der Waals surface area contributed by atoms with Crippen LogP contribution in [0.1, 0.15) is 50.2 Å². The van der Waals surface area contributed by atoms with Gasteiger partial charge in [-0.3, -0.25) is 14.4 Å². The van der Waals surface area contributed by atoms with Gasteiger partial charge < -0.3 is 25.4 Å². The molecule has 3 saturated heterocycles. The topological polar surface area (TPSA) is 108 Å². The van der Waals surface area contributed by atoms with Crippen molar-refractivity contribution in [3.8, 4) is 0 Å². The van der Waals surface area contributed by atoms with Gasteiger partial charge in [-0.2, -0.15) is 0 Å². The molecular weight excluding hydrogens is 518 g/mol. The van der Waals surface area contributed by atoms with Crippen LogP contribution in [0.25, 0.3) is 0 Å². The fourth-order valence-electron chi connectivity index (χ4n) is 6.93. The van der Waals surface area contributed by atoms with E-state index in [1.807, 2.05) is 56.3 Å². The second-order valence-corrected chi connectivity index (χ2v) is 11.3. The Bertz CT molecular complexity index is 1240. The number of ether oxygens (including phenoxy) is 1. The van der Waals surface area contributed by atoms with Crippen LogP contribution in [-0.2, 0) is 25.7 Å². The molecule has 3 heterocycles. The van der Waals surface area contributed by atoms with Crippen molar-refractivity contribution in [2.24, 2.45) is 11.8 Å². The minimum Gasteiger partial charge on any atom is -0.396 e. The van der Waals surface area contributed by atoms with Gasteiger partial charge in [-0.25, -0.2) is 0 Å². The van der Waals surface area contributed by atoms with Crippen LogP contribution in [0.2, 0.25) is 5.02 Å². The third kappa shape index (κ3) is 4.62. The number of aliphatic hydroxyl groups excluding tert-OH is 1. The Labute approximate surface area is 234 Å². The average Bonchev–Trinajstić information content (AvgIpc) is 3.54. The van der Waals surface area contributed by atoms with E-state index in [0.717, 1.165) is 11.1 Å². The van der Waals surface area contributed by atoms with Gasteiger partial charge >= 0.3 is 0 Å². The van der Waals surface area contributed by atoms with Gasteiger partial charge in [0.2, 0.25) is 17.7 Å². The number of hydrogen-bond donors (Lipinski definition) is 3. The zero-order valence-corrected chi connectivity index (χ0v) is 23.2. The number of aliphatic hydroxyl groups is 1. The van der Waals surface area contributed by atoms with Crippen LogP contribution >= 0.6 is 11.6 Å².